The van der Waals surface area contributed by atoms with Crippen LogP contribution < -0.4 is 0 Å². The van der Waals surface area contributed by atoms with E-state index in [0.717, 1.165) is 12.8 Å². The normalized spacial score (nSPS) is 11.7. The van der Waals surface area contributed by atoms with E-state index in [1.54, 1.807) is 21.6 Å². The molecule has 0 saturated carbocycles. The smallest absolute Gasteiger partial charge is 0.320 e. The van der Waals surface area contributed by atoms with E-state index in [1.807, 2.05) is 13.8 Å². The summed E-state index contributed by atoms with van der Waals surface area (Å²) in [5.74, 6) is -3.78. The molecule has 0 saturated heterocycles. The van der Waals surface area contributed by atoms with E-state index >= 15 is 0 Å². The van der Waals surface area contributed by atoms with Crippen molar-refractivity contribution < 1.29 is 44.4 Å². The van der Waals surface area contributed by atoms with Crippen LogP contribution in [-0.2, 0) is 24.0 Å². The lowest BCUT2D eigenvalue weighted by molar-refractivity contribution is -0.145. The Balaban J connectivity index is 0. The van der Waals surface area contributed by atoms with Gasteiger partial charge in [0.05, 0.1) is 13.1 Å². The summed E-state index contributed by atoms with van der Waals surface area (Å²) >= 11 is 0. The molecular weight excluding hydrogens is 462 g/mol. The second-order valence-electron chi connectivity index (χ2n) is 8.22. The number of ketones is 1. The van der Waals surface area contributed by atoms with Gasteiger partial charge in [-0.1, -0.05) is 20.8 Å². The summed E-state index contributed by atoms with van der Waals surface area (Å²) in [6, 6.07) is -0.893. The SMILES string of the molecule is CCC(=O)O.CCCN(CCN(CCN(CCC)CC(=O)O)C(CCC(C)=O)C(=O)O)CC(=O)O. The summed E-state index contributed by atoms with van der Waals surface area (Å²) in [4.78, 5) is 60.0. The monoisotopic (exact) mass is 505 g/mol. The van der Waals surface area contributed by atoms with Gasteiger partial charge in [-0.25, -0.2) is 0 Å². The van der Waals surface area contributed by atoms with Crippen molar-refractivity contribution in [2.45, 2.75) is 65.8 Å². The van der Waals surface area contributed by atoms with Crippen molar-refractivity contribution in [1.82, 2.24) is 14.7 Å². The van der Waals surface area contributed by atoms with E-state index in [-0.39, 0.29) is 38.1 Å². The van der Waals surface area contributed by atoms with Crippen LogP contribution >= 0.6 is 0 Å². The number of aliphatic carboxylic acids is 4. The van der Waals surface area contributed by atoms with E-state index in [4.69, 9.17) is 15.3 Å². The zero-order valence-electron chi connectivity index (χ0n) is 21.4. The average Bonchev–Trinajstić information content (AvgIpc) is 2.74. The highest BCUT2D eigenvalue weighted by molar-refractivity contribution is 5.78. The number of hydrogen-bond donors (Lipinski definition) is 4. The zero-order chi connectivity index (χ0) is 27.4. The lowest BCUT2D eigenvalue weighted by atomic mass is 10.1. The zero-order valence-corrected chi connectivity index (χ0v) is 21.4. The van der Waals surface area contributed by atoms with Crippen molar-refractivity contribution in [3.63, 3.8) is 0 Å². The molecule has 0 aromatic carbocycles. The molecule has 0 aromatic heterocycles. The summed E-state index contributed by atoms with van der Waals surface area (Å²) in [6.45, 7) is 9.15. The van der Waals surface area contributed by atoms with Crippen molar-refractivity contribution in [3.8, 4) is 0 Å². The number of nitrogens with zero attached hydrogens (tertiary/aromatic N) is 3. The molecule has 0 aromatic rings. The summed E-state index contributed by atoms with van der Waals surface area (Å²) in [7, 11) is 0. The molecule has 0 amide bonds. The Labute approximate surface area is 207 Å². The maximum absolute atomic E-state index is 11.9. The number of carbonyl (C=O) groups excluding carboxylic acids is 1. The third kappa shape index (κ3) is 20.5. The first kappa shape index (κ1) is 34.6. The fourth-order valence-electron chi connectivity index (χ4n) is 3.32. The lowest BCUT2D eigenvalue weighted by Gasteiger charge is -2.33. The van der Waals surface area contributed by atoms with Gasteiger partial charge in [0.15, 0.2) is 0 Å². The quantitative estimate of drug-likeness (QED) is 0.186. The van der Waals surface area contributed by atoms with Gasteiger partial charge >= 0.3 is 23.9 Å². The molecule has 0 aliphatic rings. The Kier molecular flexibility index (Phi) is 20.5. The molecule has 0 rings (SSSR count). The highest BCUT2D eigenvalue weighted by Crippen LogP contribution is 2.10. The van der Waals surface area contributed by atoms with E-state index in [9.17, 15) is 29.1 Å². The van der Waals surface area contributed by atoms with Crippen LogP contribution in [0, 0.1) is 0 Å². The van der Waals surface area contributed by atoms with Crippen LogP contribution in [0.1, 0.15) is 59.8 Å². The summed E-state index contributed by atoms with van der Waals surface area (Å²) in [5, 5.41) is 35.6. The molecule has 1 unspecified atom stereocenters. The van der Waals surface area contributed by atoms with Crippen LogP contribution in [0.4, 0.5) is 0 Å². The minimum atomic E-state index is -1.04. The van der Waals surface area contributed by atoms with Gasteiger partial charge in [0, 0.05) is 39.0 Å². The van der Waals surface area contributed by atoms with E-state index < -0.39 is 29.9 Å². The van der Waals surface area contributed by atoms with Crippen molar-refractivity contribution >= 4 is 29.7 Å². The Morgan fingerprint density at radius 3 is 1.31 bits per heavy atom. The van der Waals surface area contributed by atoms with Crippen molar-refractivity contribution in [1.29, 1.82) is 0 Å². The van der Waals surface area contributed by atoms with Gasteiger partial charge in [-0.3, -0.25) is 33.9 Å². The fraction of sp³-hybridized carbons (Fsp3) is 0.783. The number of rotatable bonds is 20. The third-order valence-corrected chi connectivity index (χ3v) is 5.00. The Hall–Kier alpha value is -2.57. The standard InChI is InChI=1S/C20H37N3O7.C3H6O2/c1-4-8-21(14-18(25)26)10-12-23(17(20(29)30)7-6-16(3)24)13-11-22(9-5-2)15-19(27)28;1-2-3(4)5/h17H,4-15H2,1-3H3,(H,25,26)(H,27,28)(H,29,30);2H2,1H3,(H,4,5). The van der Waals surface area contributed by atoms with Gasteiger partial charge < -0.3 is 25.2 Å². The van der Waals surface area contributed by atoms with Gasteiger partial charge in [0.25, 0.3) is 0 Å². The molecule has 35 heavy (non-hydrogen) atoms. The van der Waals surface area contributed by atoms with Crippen LogP contribution in [0.5, 0.6) is 0 Å². The first-order valence-corrected chi connectivity index (χ1v) is 11.9. The van der Waals surface area contributed by atoms with Crippen LogP contribution in [-0.4, -0.2) is 123 Å². The topological polar surface area (TPSA) is 176 Å². The first-order chi connectivity index (χ1) is 16.4. The molecule has 4 N–H and O–H groups in total. The first-order valence-electron chi connectivity index (χ1n) is 11.9. The molecule has 0 heterocycles. The maximum Gasteiger partial charge on any atom is 0.320 e. The van der Waals surface area contributed by atoms with Crippen LogP contribution in [0.2, 0.25) is 0 Å². The highest BCUT2D eigenvalue weighted by atomic mass is 16.4. The van der Waals surface area contributed by atoms with Crippen LogP contribution in [0.3, 0.4) is 0 Å². The van der Waals surface area contributed by atoms with Gasteiger partial charge in [-0.15, -0.1) is 0 Å². The van der Waals surface area contributed by atoms with Crippen LogP contribution in [0.15, 0.2) is 0 Å². The average molecular weight is 506 g/mol. The van der Waals surface area contributed by atoms with Gasteiger partial charge in [0.2, 0.25) is 0 Å². The molecule has 1 atom stereocenters. The number of carbonyl (C=O) groups is 5. The van der Waals surface area contributed by atoms with Gasteiger partial charge in [0.1, 0.15) is 11.8 Å². The molecular formula is C23H43N3O9. The molecule has 12 heteroatoms. The molecule has 204 valence electrons. The minimum absolute atomic E-state index is 0.0989. The third-order valence-electron chi connectivity index (χ3n) is 5.00. The molecule has 0 aliphatic carbocycles. The molecule has 0 fully saturated rings. The lowest BCUT2D eigenvalue weighted by Crippen LogP contribution is -2.49. The van der Waals surface area contributed by atoms with E-state index in [1.165, 1.54) is 6.92 Å². The number of carboxylic acid groups (broad SMARTS) is 4. The second kappa shape index (κ2) is 20.8. The number of hydrogen-bond acceptors (Lipinski definition) is 8. The van der Waals surface area contributed by atoms with Crippen molar-refractivity contribution in [2.24, 2.45) is 0 Å². The summed E-state index contributed by atoms with van der Waals surface area (Å²) < 4.78 is 0. The van der Waals surface area contributed by atoms with E-state index in [0.29, 0.717) is 39.3 Å². The van der Waals surface area contributed by atoms with Gasteiger partial charge in [-0.2, -0.15) is 0 Å². The predicted octanol–water partition coefficient (Wildman–Crippen LogP) is 1.19. The summed E-state index contributed by atoms with van der Waals surface area (Å²) in [6.07, 6.45) is 2.05. The highest BCUT2D eigenvalue weighted by Gasteiger charge is 2.27. The van der Waals surface area contributed by atoms with Gasteiger partial charge in [-0.05, 0) is 39.3 Å². The molecule has 0 spiro atoms. The molecule has 0 bridgehead atoms. The Bertz CT molecular complexity index is 628. The Morgan fingerprint density at radius 1 is 0.657 bits per heavy atom. The van der Waals surface area contributed by atoms with Crippen molar-refractivity contribution in [2.75, 3.05) is 52.4 Å². The number of carboxylic acids is 4. The largest absolute Gasteiger partial charge is 0.481 e. The van der Waals surface area contributed by atoms with Crippen LogP contribution in [0.25, 0.3) is 0 Å². The molecule has 0 radical (unpaired) electrons. The Morgan fingerprint density at radius 2 is 1.06 bits per heavy atom. The minimum Gasteiger partial charge on any atom is -0.481 e. The second-order valence-corrected chi connectivity index (χ2v) is 8.22. The molecule has 0 aliphatic heterocycles. The predicted molar refractivity (Wildman–Crippen MR) is 130 cm³/mol. The van der Waals surface area contributed by atoms with E-state index in [2.05, 4.69) is 0 Å². The maximum atomic E-state index is 11.9. The summed E-state index contributed by atoms with van der Waals surface area (Å²) in [5.41, 5.74) is 0. The molecule has 12 nitrogen and oxygen atoms in total. The van der Waals surface area contributed by atoms with Crippen molar-refractivity contribution in [3.05, 3.63) is 0 Å². The fourth-order valence-corrected chi connectivity index (χ4v) is 3.32. The number of Topliss-reactive ketones (excluding diaryl/α,β-unsaturated/α-hetero) is 1.